The molecule has 104 valence electrons. The Balaban J connectivity index is 2.20. The maximum atomic E-state index is 11.9. The summed E-state index contributed by atoms with van der Waals surface area (Å²) < 4.78 is 10.8. The molecule has 5 heteroatoms. The van der Waals surface area contributed by atoms with Crippen molar-refractivity contribution in [3.63, 3.8) is 0 Å². The first-order valence-corrected chi connectivity index (χ1v) is 6.46. The van der Waals surface area contributed by atoms with Gasteiger partial charge < -0.3 is 14.6 Å². The zero-order chi connectivity index (χ0) is 13.8. The summed E-state index contributed by atoms with van der Waals surface area (Å²) >= 11 is 0. The molecule has 1 aliphatic rings. The van der Waals surface area contributed by atoms with E-state index in [4.69, 9.17) is 14.6 Å². The van der Waals surface area contributed by atoms with E-state index in [0.29, 0.717) is 24.4 Å². The van der Waals surface area contributed by atoms with Gasteiger partial charge in [-0.05, 0) is 26.0 Å². The number of amides is 1. The lowest BCUT2D eigenvalue weighted by Gasteiger charge is -2.32. The lowest BCUT2D eigenvalue weighted by atomic mass is 10.2. The normalized spacial score (nSPS) is 19.5. The van der Waals surface area contributed by atoms with E-state index in [1.54, 1.807) is 4.90 Å². The molecule has 1 unspecified atom stereocenters. The quantitative estimate of drug-likeness (QED) is 0.906. The first-order valence-electron chi connectivity index (χ1n) is 6.46. The summed E-state index contributed by atoms with van der Waals surface area (Å²) in [6, 6.07) is 7.39. The van der Waals surface area contributed by atoms with Crippen LogP contribution in [0.1, 0.15) is 20.3 Å². The highest BCUT2D eigenvalue weighted by molar-refractivity contribution is 5.90. The number of rotatable bonds is 4. The summed E-state index contributed by atoms with van der Waals surface area (Å²) in [6.07, 6.45) is -0.197. The molecule has 0 saturated carbocycles. The van der Waals surface area contributed by atoms with Crippen molar-refractivity contribution in [3.05, 3.63) is 24.3 Å². The van der Waals surface area contributed by atoms with Crippen LogP contribution in [0.5, 0.6) is 5.75 Å². The van der Waals surface area contributed by atoms with Gasteiger partial charge in [-0.25, -0.2) is 4.79 Å². The highest BCUT2D eigenvalue weighted by atomic mass is 16.6. The number of hydrogen-bond donors (Lipinski definition) is 1. The van der Waals surface area contributed by atoms with Crippen molar-refractivity contribution in [2.45, 2.75) is 32.5 Å². The number of aliphatic hydroxyl groups excluding tert-OH is 1. The number of cyclic esters (lactones) is 1. The van der Waals surface area contributed by atoms with Crippen LogP contribution in [-0.4, -0.2) is 36.6 Å². The van der Waals surface area contributed by atoms with Crippen LogP contribution < -0.4 is 9.64 Å². The third-order valence-corrected chi connectivity index (χ3v) is 2.88. The van der Waals surface area contributed by atoms with Crippen molar-refractivity contribution < 1.29 is 19.4 Å². The fraction of sp³-hybridized carbons (Fsp3) is 0.500. The van der Waals surface area contributed by atoms with Gasteiger partial charge in [0.1, 0.15) is 11.9 Å². The van der Waals surface area contributed by atoms with E-state index in [-0.39, 0.29) is 12.7 Å². The molecular weight excluding hydrogens is 246 g/mol. The molecule has 1 aromatic carbocycles. The molecule has 5 nitrogen and oxygen atoms in total. The van der Waals surface area contributed by atoms with E-state index in [9.17, 15) is 4.79 Å². The second-order valence-electron chi connectivity index (χ2n) is 4.76. The van der Waals surface area contributed by atoms with Crippen LogP contribution in [0.2, 0.25) is 0 Å². The van der Waals surface area contributed by atoms with Gasteiger partial charge >= 0.3 is 6.09 Å². The van der Waals surface area contributed by atoms with Crippen LogP contribution in [0, 0.1) is 0 Å². The van der Waals surface area contributed by atoms with Gasteiger partial charge in [0.2, 0.25) is 0 Å². The zero-order valence-corrected chi connectivity index (χ0v) is 11.2. The zero-order valence-electron chi connectivity index (χ0n) is 11.2. The highest BCUT2D eigenvalue weighted by Crippen LogP contribution is 2.31. The summed E-state index contributed by atoms with van der Waals surface area (Å²) in [5.41, 5.74) is 0.706. The van der Waals surface area contributed by atoms with E-state index >= 15 is 0 Å². The highest BCUT2D eigenvalue weighted by Gasteiger charge is 2.29. The van der Waals surface area contributed by atoms with Crippen molar-refractivity contribution in [1.82, 2.24) is 0 Å². The van der Waals surface area contributed by atoms with Gasteiger partial charge in [0.05, 0.1) is 18.4 Å². The second-order valence-corrected chi connectivity index (χ2v) is 4.76. The van der Waals surface area contributed by atoms with Gasteiger partial charge in [0, 0.05) is 13.0 Å². The molecular formula is C14H19NO4. The van der Waals surface area contributed by atoms with Gasteiger partial charge in [-0.1, -0.05) is 12.1 Å². The van der Waals surface area contributed by atoms with Crippen LogP contribution >= 0.6 is 0 Å². The smallest absolute Gasteiger partial charge is 0.414 e. The Kier molecular flexibility index (Phi) is 4.27. The number of carbonyl (C=O) groups is 1. The molecule has 0 radical (unpaired) electrons. The molecule has 1 amide bonds. The monoisotopic (exact) mass is 265 g/mol. The van der Waals surface area contributed by atoms with Crippen molar-refractivity contribution in [2.75, 3.05) is 18.1 Å². The molecule has 0 bridgehead atoms. The topological polar surface area (TPSA) is 59.0 Å². The minimum absolute atomic E-state index is 0.0344. The average Bonchev–Trinajstić information content (AvgIpc) is 2.39. The molecule has 1 aliphatic heterocycles. The standard InChI is InChI=1S/C14H19NO4/c1-10(2)18-13-6-4-3-5-12(13)15-8-7-11(9-16)19-14(15)17/h3-6,10-11,16H,7-9H2,1-2H3. The van der Waals surface area contributed by atoms with Gasteiger partial charge in [-0.2, -0.15) is 0 Å². The molecule has 1 atom stereocenters. The molecule has 19 heavy (non-hydrogen) atoms. The summed E-state index contributed by atoms with van der Waals surface area (Å²) in [7, 11) is 0. The third kappa shape index (κ3) is 3.17. The molecule has 0 aliphatic carbocycles. The molecule has 1 saturated heterocycles. The number of aliphatic hydroxyl groups is 1. The summed E-state index contributed by atoms with van der Waals surface area (Å²) in [5.74, 6) is 0.664. The first kappa shape index (κ1) is 13.7. The molecule has 1 aromatic rings. The fourth-order valence-corrected chi connectivity index (χ4v) is 2.01. The second kappa shape index (κ2) is 5.93. The van der Waals surface area contributed by atoms with Gasteiger partial charge in [-0.3, -0.25) is 4.90 Å². The number of ether oxygens (including phenoxy) is 2. The van der Waals surface area contributed by atoms with E-state index in [1.807, 2.05) is 38.1 Å². The predicted octanol–water partition coefficient (Wildman–Crippen LogP) is 2.18. The van der Waals surface area contributed by atoms with Gasteiger partial charge in [-0.15, -0.1) is 0 Å². The molecule has 0 spiro atoms. The lowest BCUT2D eigenvalue weighted by molar-refractivity contribution is 0.0451. The van der Waals surface area contributed by atoms with Crippen molar-refractivity contribution >= 4 is 11.8 Å². The Morgan fingerprint density at radius 3 is 2.84 bits per heavy atom. The first-order chi connectivity index (χ1) is 9.11. The van der Waals surface area contributed by atoms with Crippen LogP contribution in [-0.2, 0) is 4.74 Å². The van der Waals surface area contributed by atoms with Crippen LogP contribution in [0.4, 0.5) is 10.5 Å². The fourth-order valence-electron chi connectivity index (χ4n) is 2.01. The van der Waals surface area contributed by atoms with Crippen molar-refractivity contribution in [2.24, 2.45) is 0 Å². The summed E-state index contributed by atoms with van der Waals surface area (Å²) in [6.45, 7) is 4.26. The van der Waals surface area contributed by atoms with Gasteiger partial charge in [0.25, 0.3) is 0 Å². The minimum atomic E-state index is -0.440. The molecule has 2 rings (SSSR count). The summed E-state index contributed by atoms with van der Waals surface area (Å²) in [4.78, 5) is 13.5. The Labute approximate surface area is 112 Å². The number of carbonyl (C=O) groups excluding carboxylic acids is 1. The van der Waals surface area contributed by atoms with E-state index in [2.05, 4.69) is 0 Å². The number of anilines is 1. The Hall–Kier alpha value is -1.75. The van der Waals surface area contributed by atoms with Crippen LogP contribution in [0.3, 0.4) is 0 Å². The number of nitrogens with zero attached hydrogens (tertiary/aromatic N) is 1. The van der Waals surface area contributed by atoms with Crippen molar-refractivity contribution in [3.8, 4) is 5.75 Å². The van der Waals surface area contributed by atoms with Crippen molar-refractivity contribution in [1.29, 1.82) is 0 Å². The molecule has 1 N–H and O–H groups in total. The molecule has 0 aromatic heterocycles. The Morgan fingerprint density at radius 2 is 2.21 bits per heavy atom. The number of para-hydroxylation sites is 2. The molecule has 1 fully saturated rings. The summed E-state index contributed by atoms with van der Waals surface area (Å²) in [5, 5.41) is 9.02. The molecule has 1 heterocycles. The number of hydrogen-bond acceptors (Lipinski definition) is 4. The third-order valence-electron chi connectivity index (χ3n) is 2.88. The van der Waals surface area contributed by atoms with E-state index in [1.165, 1.54) is 0 Å². The average molecular weight is 265 g/mol. The lowest BCUT2D eigenvalue weighted by Crippen LogP contribution is -2.43. The van der Waals surface area contributed by atoms with E-state index in [0.717, 1.165) is 0 Å². The minimum Gasteiger partial charge on any atom is -0.489 e. The largest absolute Gasteiger partial charge is 0.489 e. The Morgan fingerprint density at radius 1 is 1.47 bits per heavy atom. The number of benzene rings is 1. The maximum absolute atomic E-state index is 11.9. The van der Waals surface area contributed by atoms with Gasteiger partial charge in [0.15, 0.2) is 0 Å². The van der Waals surface area contributed by atoms with Crippen LogP contribution in [0.15, 0.2) is 24.3 Å². The van der Waals surface area contributed by atoms with Crippen LogP contribution in [0.25, 0.3) is 0 Å². The maximum Gasteiger partial charge on any atom is 0.414 e. The predicted molar refractivity (Wildman–Crippen MR) is 71.5 cm³/mol. The Bertz CT molecular complexity index is 447. The SMILES string of the molecule is CC(C)Oc1ccccc1N1CCC(CO)OC1=O. The van der Waals surface area contributed by atoms with E-state index < -0.39 is 12.2 Å².